The molecule has 0 saturated heterocycles. The molecule has 3 heteroatoms. The van der Waals surface area contributed by atoms with Gasteiger partial charge in [-0.25, -0.2) is 0 Å². The Hall–Kier alpha value is -1.09. The van der Waals surface area contributed by atoms with Gasteiger partial charge in [0.1, 0.15) is 0 Å². The standard InChI is InChI=1S/C11H11BrN2/c1-8-11(7-13-14-8)10-4-2-9(6-12)3-5-10/h2-5,7H,6H2,1H3,(H,13,14). The Morgan fingerprint density at radius 3 is 2.50 bits per heavy atom. The minimum absolute atomic E-state index is 0.900. The van der Waals surface area contributed by atoms with Gasteiger partial charge in [0.05, 0.1) is 6.20 Å². The highest BCUT2D eigenvalue weighted by atomic mass is 79.9. The fraction of sp³-hybridized carbons (Fsp3) is 0.182. The Kier molecular flexibility index (Phi) is 2.68. The van der Waals surface area contributed by atoms with Crippen LogP contribution < -0.4 is 0 Å². The Balaban J connectivity index is 2.39. The third kappa shape index (κ3) is 1.73. The minimum Gasteiger partial charge on any atom is -0.282 e. The fourth-order valence-electron chi connectivity index (χ4n) is 1.42. The predicted octanol–water partition coefficient (Wildman–Crippen LogP) is 3.28. The third-order valence-corrected chi connectivity index (χ3v) is 2.90. The number of alkyl halides is 1. The summed E-state index contributed by atoms with van der Waals surface area (Å²) in [4.78, 5) is 0. The van der Waals surface area contributed by atoms with Gasteiger partial charge in [-0.05, 0) is 18.1 Å². The van der Waals surface area contributed by atoms with Crippen LogP contribution in [0.25, 0.3) is 11.1 Å². The number of hydrogen-bond acceptors (Lipinski definition) is 1. The molecule has 0 bridgehead atoms. The first-order valence-corrected chi connectivity index (χ1v) is 5.58. The number of rotatable bonds is 2. The Labute approximate surface area is 91.5 Å². The molecule has 0 fully saturated rings. The molecule has 2 nitrogen and oxygen atoms in total. The number of nitrogens with one attached hydrogen (secondary N) is 1. The third-order valence-electron chi connectivity index (χ3n) is 2.25. The molecule has 0 aliphatic heterocycles. The minimum atomic E-state index is 0.900. The number of nitrogens with zero attached hydrogens (tertiary/aromatic N) is 1. The molecule has 1 heterocycles. The van der Waals surface area contributed by atoms with Gasteiger partial charge in [-0.15, -0.1) is 0 Å². The van der Waals surface area contributed by atoms with E-state index in [4.69, 9.17) is 0 Å². The molecule has 0 radical (unpaired) electrons. The maximum atomic E-state index is 4.01. The van der Waals surface area contributed by atoms with Crippen molar-refractivity contribution in [3.63, 3.8) is 0 Å². The summed E-state index contributed by atoms with van der Waals surface area (Å²) in [6.07, 6.45) is 1.86. The zero-order valence-corrected chi connectivity index (χ0v) is 9.51. The number of aryl methyl sites for hydroxylation is 1. The molecule has 0 unspecified atom stereocenters. The maximum Gasteiger partial charge on any atom is 0.0568 e. The van der Waals surface area contributed by atoms with Crippen molar-refractivity contribution < 1.29 is 0 Å². The van der Waals surface area contributed by atoms with Crippen molar-refractivity contribution in [2.45, 2.75) is 12.3 Å². The van der Waals surface area contributed by atoms with Crippen molar-refractivity contribution >= 4 is 15.9 Å². The lowest BCUT2D eigenvalue weighted by Gasteiger charge is -2.00. The van der Waals surface area contributed by atoms with Gasteiger partial charge in [0.25, 0.3) is 0 Å². The predicted molar refractivity (Wildman–Crippen MR) is 61.4 cm³/mol. The lowest BCUT2D eigenvalue weighted by atomic mass is 10.1. The second kappa shape index (κ2) is 3.96. The van der Waals surface area contributed by atoms with Crippen LogP contribution in [-0.4, -0.2) is 10.2 Å². The van der Waals surface area contributed by atoms with Gasteiger partial charge in [-0.2, -0.15) is 5.10 Å². The van der Waals surface area contributed by atoms with E-state index in [1.807, 2.05) is 13.1 Å². The SMILES string of the molecule is Cc1[nH]ncc1-c1ccc(CBr)cc1. The molecule has 0 saturated carbocycles. The van der Waals surface area contributed by atoms with Crippen LogP contribution in [0.3, 0.4) is 0 Å². The lowest BCUT2D eigenvalue weighted by molar-refractivity contribution is 1.05. The highest BCUT2D eigenvalue weighted by Crippen LogP contribution is 2.22. The lowest BCUT2D eigenvalue weighted by Crippen LogP contribution is -1.80. The van der Waals surface area contributed by atoms with E-state index in [-0.39, 0.29) is 0 Å². The second-order valence-corrected chi connectivity index (χ2v) is 3.80. The first-order chi connectivity index (χ1) is 6.81. The van der Waals surface area contributed by atoms with Crippen LogP contribution in [0.15, 0.2) is 30.5 Å². The average molecular weight is 251 g/mol. The molecule has 1 aromatic heterocycles. The number of halogens is 1. The molecular weight excluding hydrogens is 240 g/mol. The summed E-state index contributed by atoms with van der Waals surface area (Å²) < 4.78 is 0. The molecule has 14 heavy (non-hydrogen) atoms. The van der Waals surface area contributed by atoms with Crippen LogP contribution in [0.2, 0.25) is 0 Å². The molecule has 1 aromatic carbocycles. The van der Waals surface area contributed by atoms with E-state index in [1.165, 1.54) is 16.7 Å². The molecule has 0 aliphatic rings. The highest BCUT2D eigenvalue weighted by Gasteiger charge is 2.02. The molecule has 0 aliphatic carbocycles. The normalized spacial score (nSPS) is 10.4. The Morgan fingerprint density at radius 1 is 1.29 bits per heavy atom. The molecule has 2 aromatic rings. The van der Waals surface area contributed by atoms with Crippen molar-refractivity contribution in [1.82, 2.24) is 10.2 Å². The zero-order chi connectivity index (χ0) is 9.97. The van der Waals surface area contributed by atoms with Crippen LogP contribution in [0.1, 0.15) is 11.3 Å². The number of benzene rings is 1. The summed E-state index contributed by atoms with van der Waals surface area (Å²) in [6.45, 7) is 2.03. The van der Waals surface area contributed by atoms with Crippen molar-refractivity contribution in [1.29, 1.82) is 0 Å². The van der Waals surface area contributed by atoms with Gasteiger partial charge in [0, 0.05) is 16.6 Å². The first-order valence-electron chi connectivity index (χ1n) is 4.46. The molecule has 0 atom stereocenters. The van der Waals surface area contributed by atoms with E-state index >= 15 is 0 Å². The number of H-pyrrole nitrogens is 1. The van der Waals surface area contributed by atoms with E-state index in [9.17, 15) is 0 Å². The molecule has 2 rings (SSSR count). The molecule has 0 spiro atoms. The van der Waals surface area contributed by atoms with E-state index in [1.54, 1.807) is 0 Å². The highest BCUT2D eigenvalue weighted by molar-refractivity contribution is 9.08. The van der Waals surface area contributed by atoms with Crippen LogP contribution in [0.5, 0.6) is 0 Å². The maximum absolute atomic E-state index is 4.01. The quantitative estimate of drug-likeness (QED) is 0.815. The van der Waals surface area contributed by atoms with Crippen LogP contribution in [-0.2, 0) is 5.33 Å². The Bertz CT molecular complexity index is 417. The van der Waals surface area contributed by atoms with E-state index < -0.39 is 0 Å². The van der Waals surface area contributed by atoms with Gasteiger partial charge >= 0.3 is 0 Å². The summed E-state index contributed by atoms with van der Waals surface area (Å²) in [5, 5.41) is 7.84. The summed E-state index contributed by atoms with van der Waals surface area (Å²) in [5.74, 6) is 0. The fourth-order valence-corrected chi connectivity index (χ4v) is 1.79. The van der Waals surface area contributed by atoms with Crippen LogP contribution >= 0.6 is 15.9 Å². The zero-order valence-electron chi connectivity index (χ0n) is 7.92. The molecule has 0 amide bonds. The second-order valence-electron chi connectivity index (χ2n) is 3.24. The average Bonchev–Trinajstić information content (AvgIpc) is 2.65. The summed E-state index contributed by atoms with van der Waals surface area (Å²) >= 11 is 3.43. The number of aromatic amines is 1. The van der Waals surface area contributed by atoms with Crippen molar-refractivity contribution in [2.24, 2.45) is 0 Å². The number of aromatic nitrogens is 2. The van der Waals surface area contributed by atoms with E-state index in [0.717, 1.165) is 11.0 Å². The summed E-state index contributed by atoms with van der Waals surface area (Å²) in [5.41, 5.74) is 4.78. The topological polar surface area (TPSA) is 28.7 Å². The molecule has 1 N–H and O–H groups in total. The van der Waals surface area contributed by atoms with E-state index in [2.05, 4.69) is 50.4 Å². The number of hydrogen-bond donors (Lipinski definition) is 1. The molecule has 72 valence electrons. The van der Waals surface area contributed by atoms with Gasteiger partial charge < -0.3 is 0 Å². The Morgan fingerprint density at radius 2 is 2.00 bits per heavy atom. The van der Waals surface area contributed by atoms with Gasteiger partial charge in [-0.3, -0.25) is 5.10 Å². The summed E-state index contributed by atoms with van der Waals surface area (Å²) in [7, 11) is 0. The smallest absolute Gasteiger partial charge is 0.0568 e. The van der Waals surface area contributed by atoms with Crippen molar-refractivity contribution in [3.8, 4) is 11.1 Å². The van der Waals surface area contributed by atoms with Gasteiger partial charge in [-0.1, -0.05) is 40.2 Å². The van der Waals surface area contributed by atoms with Gasteiger partial charge in [0.15, 0.2) is 0 Å². The first kappa shape index (κ1) is 9.46. The van der Waals surface area contributed by atoms with E-state index in [0.29, 0.717) is 0 Å². The molecular formula is C11H11BrN2. The van der Waals surface area contributed by atoms with Crippen molar-refractivity contribution in [2.75, 3.05) is 0 Å². The van der Waals surface area contributed by atoms with Crippen LogP contribution in [0, 0.1) is 6.92 Å². The summed E-state index contributed by atoms with van der Waals surface area (Å²) in [6, 6.07) is 8.48. The monoisotopic (exact) mass is 250 g/mol. The van der Waals surface area contributed by atoms with Crippen molar-refractivity contribution in [3.05, 3.63) is 41.7 Å². The largest absolute Gasteiger partial charge is 0.282 e. The van der Waals surface area contributed by atoms with Crippen LogP contribution in [0.4, 0.5) is 0 Å². The van der Waals surface area contributed by atoms with Gasteiger partial charge in [0.2, 0.25) is 0 Å².